The molecule has 116 valence electrons. The van der Waals surface area contributed by atoms with Crippen LogP contribution in [0.2, 0.25) is 5.02 Å². The van der Waals surface area contributed by atoms with Crippen molar-refractivity contribution in [3.05, 3.63) is 28.8 Å². The fourth-order valence-corrected chi connectivity index (χ4v) is 3.61. The number of amides is 1. The van der Waals surface area contributed by atoms with Crippen LogP contribution in [0.3, 0.4) is 0 Å². The normalized spacial score (nSPS) is 17.7. The Kier molecular flexibility index (Phi) is 4.91. The van der Waals surface area contributed by atoms with Gasteiger partial charge in [-0.3, -0.25) is 4.79 Å². The first kappa shape index (κ1) is 16.3. The summed E-state index contributed by atoms with van der Waals surface area (Å²) < 4.78 is 22.8. The van der Waals surface area contributed by atoms with Crippen molar-refractivity contribution in [2.24, 2.45) is 11.1 Å². The maximum absolute atomic E-state index is 12.2. The van der Waals surface area contributed by atoms with Crippen molar-refractivity contribution in [2.45, 2.75) is 43.5 Å². The highest BCUT2D eigenvalue weighted by Crippen LogP contribution is 2.27. The van der Waals surface area contributed by atoms with E-state index in [-0.39, 0.29) is 27.4 Å². The van der Waals surface area contributed by atoms with E-state index in [0.717, 1.165) is 12.8 Å². The summed E-state index contributed by atoms with van der Waals surface area (Å²) in [4.78, 5) is 12.1. The van der Waals surface area contributed by atoms with Crippen LogP contribution in [0.1, 0.15) is 43.0 Å². The highest BCUT2D eigenvalue weighted by molar-refractivity contribution is 7.89. The topological polar surface area (TPSA) is 89.3 Å². The second-order valence-electron chi connectivity index (χ2n) is 5.53. The standard InChI is InChI=1S/C14H19ClN2O3S/c1-9(10-4-2-3-5-10)17-14(18)11-6-12(15)8-13(7-11)21(16,19)20/h6-10H,2-5H2,1H3,(H,17,18)(H2,16,19,20). The highest BCUT2D eigenvalue weighted by atomic mass is 35.5. The summed E-state index contributed by atoms with van der Waals surface area (Å²) in [6, 6.07) is 3.97. The Morgan fingerprint density at radius 3 is 2.52 bits per heavy atom. The van der Waals surface area contributed by atoms with Gasteiger partial charge in [-0.1, -0.05) is 24.4 Å². The molecule has 5 nitrogen and oxygen atoms in total. The first-order valence-electron chi connectivity index (χ1n) is 6.91. The van der Waals surface area contributed by atoms with Gasteiger partial charge in [0.15, 0.2) is 0 Å². The van der Waals surface area contributed by atoms with Gasteiger partial charge >= 0.3 is 0 Å². The lowest BCUT2D eigenvalue weighted by Crippen LogP contribution is -2.37. The number of hydrogen-bond acceptors (Lipinski definition) is 3. The van der Waals surface area contributed by atoms with Gasteiger partial charge in [-0.25, -0.2) is 13.6 Å². The molecule has 1 aromatic carbocycles. The summed E-state index contributed by atoms with van der Waals surface area (Å²) in [5, 5.41) is 8.15. The molecule has 0 bridgehead atoms. The van der Waals surface area contributed by atoms with Crippen molar-refractivity contribution >= 4 is 27.5 Å². The number of nitrogens with one attached hydrogen (secondary N) is 1. The molecular formula is C14H19ClN2O3S. The first-order chi connectivity index (χ1) is 9.77. The molecule has 1 atom stereocenters. The van der Waals surface area contributed by atoms with Crippen LogP contribution in [0.25, 0.3) is 0 Å². The number of halogens is 1. The third-order valence-corrected chi connectivity index (χ3v) is 5.04. The van der Waals surface area contributed by atoms with Crippen LogP contribution in [0, 0.1) is 5.92 Å². The van der Waals surface area contributed by atoms with E-state index in [2.05, 4.69) is 5.32 Å². The molecule has 7 heteroatoms. The fourth-order valence-electron chi connectivity index (χ4n) is 2.72. The smallest absolute Gasteiger partial charge is 0.251 e. The van der Waals surface area contributed by atoms with Crippen LogP contribution in [-0.2, 0) is 10.0 Å². The van der Waals surface area contributed by atoms with Gasteiger partial charge in [-0.15, -0.1) is 0 Å². The predicted molar refractivity (Wildman–Crippen MR) is 81.7 cm³/mol. The van der Waals surface area contributed by atoms with E-state index in [4.69, 9.17) is 16.7 Å². The molecule has 0 aliphatic heterocycles. The highest BCUT2D eigenvalue weighted by Gasteiger charge is 2.23. The largest absolute Gasteiger partial charge is 0.349 e. The van der Waals surface area contributed by atoms with Crippen LogP contribution < -0.4 is 10.5 Å². The monoisotopic (exact) mass is 330 g/mol. The lowest BCUT2D eigenvalue weighted by molar-refractivity contribution is 0.0927. The molecule has 1 fully saturated rings. The third-order valence-electron chi connectivity index (χ3n) is 3.93. The second kappa shape index (κ2) is 6.34. The molecule has 1 aromatic rings. The Labute approximate surface area is 129 Å². The van der Waals surface area contributed by atoms with Crippen LogP contribution in [0.15, 0.2) is 23.1 Å². The fraction of sp³-hybridized carbons (Fsp3) is 0.500. The second-order valence-corrected chi connectivity index (χ2v) is 7.53. The molecule has 0 aromatic heterocycles. The molecule has 0 radical (unpaired) electrons. The summed E-state index contributed by atoms with van der Waals surface area (Å²) in [6.45, 7) is 1.97. The number of carbonyl (C=O) groups is 1. The minimum absolute atomic E-state index is 0.0527. The van der Waals surface area contributed by atoms with Crippen molar-refractivity contribution in [3.63, 3.8) is 0 Å². The van der Waals surface area contributed by atoms with Gasteiger partial charge in [0.1, 0.15) is 0 Å². The summed E-state index contributed by atoms with van der Waals surface area (Å²) in [5.41, 5.74) is 0.205. The number of primary sulfonamides is 1. The SMILES string of the molecule is CC(NC(=O)c1cc(Cl)cc(S(N)(=O)=O)c1)C1CCCC1. The van der Waals surface area contributed by atoms with Gasteiger partial charge < -0.3 is 5.32 Å². The average Bonchev–Trinajstić information content (AvgIpc) is 2.90. The molecule has 21 heavy (non-hydrogen) atoms. The molecule has 3 N–H and O–H groups in total. The Morgan fingerprint density at radius 1 is 1.33 bits per heavy atom. The Bertz CT molecular complexity index is 640. The van der Waals surface area contributed by atoms with Crippen molar-refractivity contribution in [1.82, 2.24) is 5.32 Å². The van der Waals surface area contributed by atoms with Crippen LogP contribution in [0.4, 0.5) is 0 Å². The van der Waals surface area contributed by atoms with Crippen molar-refractivity contribution in [2.75, 3.05) is 0 Å². The van der Waals surface area contributed by atoms with Crippen molar-refractivity contribution < 1.29 is 13.2 Å². The predicted octanol–water partition coefficient (Wildman–Crippen LogP) is 2.30. The van der Waals surface area contributed by atoms with E-state index < -0.39 is 10.0 Å². The van der Waals surface area contributed by atoms with E-state index in [0.29, 0.717) is 5.92 Å². The lowest BCUT2D eigenvalue weighted by Gasteiger charge is -2.20. The molecule has 0 spiro atoms. The van der Waals surface area contributed by atoms with E-state index in [1.165, 1.54) is 31.0 Å². The van der Waals surface area contributed by atoms with Crippen molar-refractivity contribution in [1.29, 1.82) is 0 Å². The van der Waals surface area contributed by atoms with Gasteiger partial charge in [-0.05, 0) is 43.9 Å². The molecule has 1 amide bonds. The van der Waals surface area contributed by atoms with E-state index >= 15 is 0 Å². The molecule has 0 saturated heterocycles. The number of benzene rings is 1. The maximum atomic E-state index is 12.2. The third kappa shape index (κ3) is 4.18. The average molecular weight is 331 g/mol. The number of rotatable bonds is 4. The number of nitrogens with two attached hydrogens (primary N) is 1. The van der Waals surface area contributed by atoms with Crippen molar-refractivity contribution in [3.8, 4) is 0 Å². The van der Waals surface area contributed by atoms with E-state index in [9.17, 15) is 13.2 Å². The number of carbonyl (C=O) groups excluding carboxylic acids is 1. The van der Waals surface area contributed by atoms with Gasteiger partial charge in [-0.2, -0.15) is 0 Å². The molecule has 0 heterocycles. The molecule has 1 aliphatic rings. The van der Waals surface area contributed by atoms with Crippen LogP contribution >= 0.6 is 11.6 Å². The minimum Gasteiger partial charge on any atom is -0.349 e. The van der Waals surface area contributed by atoms with Gasteiger partial charge in [0.25, 0.3) is 5.91 Å². The molecular weight excluding hydrogens is 312 g/mol. The zero-order chi connectivity index (χ0) is 15.6. The van der Waals surface area contributed by atoms with Crippen LogP contribution in [0.5, 0.6) is 0 Å². The number of sulfonamides is 1. The maximum Gasteiger partial charge on any atom is 0.251 e. The molecule has 2 rings (SSSR count). The minimum atomic E-state index is -3.89. The Morgan fingerprint density at radius 2 is 1.95 bits per heavy atom. The first-order valence-corrected chi connectivity index (χ1v) is 8.84. The Hall–Kier alpha value is -1.11. The summed E-state index contributed by atoms with van der Waals surface area (Å²) in [7, 11) is -3.89. The van der Waals surface area contributed by atoms with Crippen LogP contribution in [-0.4, -0.2) is 20.4 Å². The van der Waals surface area contributed by atoms with E-state index in [1.54, 1.807) is 0 Å². The molecule has 1 aliphatic carbocycles. The lowest BCUT2D eigenvalue weighted by atomic mass is 9.99. The van der Waals surface area contributed by atoms with Gasteiger partial charge in [0.05, 0.1) is 4.90 Å². The molecule has 1 unspecified atom stereocenters. The summed E-state index contributed by atoms with van der Waals surface area (Å²) in [5.74, 6) is 0.146. The van der Waals surface area contributed by atoms with Gasteiger partial charge in [0, 0.05) is 16.6 Å². The zero-order valence-electron chi connectivity index (χ0n) is 11.8. The quantitative estimate of drug-likeness (QED) is 0.887. The number of hydrogen-bond donors (Lipinski definition) is 2. The Balaban J connectivity index is 2.17. The molecule has 1 saturated carbocycles. The summed E-state index contributed by atoms with van der Waals surface area (Å²) >= 11 is 5.86. The van der Waals surface area contributed by atoms with E-state index in [1.807, 2.05) is 6.92 Å². The summed E-state index contributed by atoms with van der Waals surface area (Å²) in [6.07, 6.45) is 4.61. The zero-order valence-corrected chi connectivity index (χ0v) is 13.4. The van der Waals surface area contributed by atoms with Gasteiger partial charge in [0.2, 0.25) is 10.0 Å².